The molecule has 3 saturated carbocycles. The Morgan fingerprint density at radius 1 is 0.388 bits per heavy atom. The number of rotatable bonds is 23. The summed E-state index contributed by atoms with van der Waals surface area (Å²) in [5.74, 6) is 7.19. The van der Waals surface area contributed by atoms with Crippen molar-refractivity contribution >= 4 is 66.2 Å². The van der Waals surface area contributed by atoms with Crippen LogP contribution in [-0.2, 0) is 57.5 Å². The van der Waals surface area contributed by atoms with Crippen molar-refractivity contribution in [3.8, 4) is 11.8 Å². The van der Waals surface area contributed by atoms with Crippen LogP contribution in [0.3, 0.4) is 0 Å². The fourth-order valence-electron chi connectivity index (χ4n) is 20.4. The van der Waals surface area contributed by atoms with Crippen LogP contribution in [0.25, 0.3) is 66.2 Å². The standard InChI is InChI=1S/C19H19N5O2.C18H21N5O2.C17H26N4O2.C17H26N4O.C16H22N4O2.C15H22N4O2/c1-12-8-15(6-7-26-12)24-18-16(11-21-24)19(25)23-17(22-18)9-13-4-2-3-5-14(13)10-20;1-25-15-8-5-9-19-14(15)10-16-21-17-13(18(24)22-16)11-20-23(17)12-6-3-2-4-7-12;1-4-12(5-2)9-15-19-16-14(17(22)20-15)10-18-21(16)13-6-7-23-11(3)8-13;1-3-12(4-2)10-15-19-16-14(17(22)20-15)11-18-21(16)13-8-6-5-7-9-13;1-10-7-12(5-6-22-10)20-15-13(9-17-20)16(21)19-14(18-15)8-11-3-2-4-11;1-9(2)6-13-17-14-12(15(20)18-13)8-16-19(14)11-4-5-21-10(3)7-11/h2-5,11-12,15H,6-9H2,1H3,(H,22,23,25);5,8-9,11-12H,2-4,6-7,10H2,1H3,(H,21,22,24);10-13H,4-9H2,1-3H3,(H,19,20,22);11-13H,3-10H2,1-2H3,(H,19,20,22);9-12H,2-8H2,1H3,(H,18,19,21);8-11H,4-7H2,1-3H3,(H,17,18,20). The van der Waals surface area contributed by atoms with Gasteiger partial charge in [-0.05, 0) is 152 Å². The largest absolute Gasteiger partial charge is 0.495 e. The SMILES string of the molecule is CC(C)Cc1nc2c(cnn2C2CCOC(C)C2)c(=O)[nH]1.CC1CC(n2ncc3c(=O)[nH]c(CC4CCC4)nc32)CCO1.CC1CC(n2ncc3c(=O)[nH]c(Cc4ccccc4C#N)nc32)CCO1.CCC(CC)Cc1nc2c(cnn2C2CCCCC2)c(=O)[nH]1.CCC(CC)Cc1nc2c(cnn2C2CCOC(C)C2)c(=O)[nH]1.COc1cccnc1Cc1nc2c(cnn2C2CCCCC2)c(=O)[nH]1. The van der Waals surface area contributed by atoms with E-state index in [0.717, 1.165) is 194 Å². The number of pyridine rings is 1. The molecule has 7 aliphatic rings. The van der Waals surface area contributed by atoms with Crippen molar-refractivity contribution < 1.29 is 23.7 Å². The second kappa shape index (κ2) is 46.6. The van der Waals surface area contributed by atoms with E-state index in [4.69, 9.17) is 43.6 Å². The molecule has 740 valence electrons. The lowest BCUT2D eigenvalue weighted by atomic mass is 9.83. The van der Waals surface area contributed by atoms with Gasteiger partial charge in [-0.2, -0.15) is 35.9 Å². The molecule has 1 aromatic carbocycles. The highest BCUT2D eigenvalue weighted by molar-refractivity contribution is 5.77. The van der Waals surface area contributed by atoms with Crippen LogP contribution in [0.4, 0.5) is 0 Å². The highest BCUT2D eigenvalue weighted by Crippen LogP contribution is 2.36. The fourth-order valence-corrected chi connectivity index (χ4v) is 20.4. The minimum atomic E-state index is -0.203. The predicted molar refractivity (Wildman–Crippen MR) is 531 cm³/mol. The monoisotopic (exact) mass is 1900 g/mol. The van der Waals surface area contributed by atoms with Gasteiger partial charge in [-0.1, -0.05) is 143 Å². The molecule has 7 fully saturated rings. The molecule has 0 bridgehead atoms. The van der Waals surface area contributed by atoms with E-state index in [9.17, 15) is 34.0 Å². The molecule has 8 unspecified atom stereocenters. The van der Waals surface area contributed by atoms with Crippen LogP contribution in [-0.4, -0.2) is 181 Å². The molecule has 21 rings (SSSR count). The summed E-state index contributed by atoms with van der Waals surface area (Å²) < 4.78 is 39.3. The highest BCUT2D eigenvalue weighted by atomic mass is 16.5. The Bertz CT molecular complexity index is 6900. The van der Waals surface area contributed by atoms with Crippen molar-refractivity contribution in [1.82, 2.24) is 123 Å². The minimum absolute atomic E-state index is 0.0481. The number of fused-ring (bicyclic) bond motifs is 6. The number of nitrogens with one attached hydrogen (secondary N) is 6. The van der Waals surface area contributed by atoms with Crippen LogP contribution in [0.15, 0.2) is 109 Å². The molecule has 17 heterocycles. The first-order valence-electron chi connectivity index (χ1n) is 50.7. The van der Waals surface area contributed by atoms with Gasteiger partial charge < -0.3 is 53.6 Å². The summed E-state index contributed by atoms with van der Waals surface area (Å²) in [5.41, 5.74) is 5.71. The third-order valence-corrected chi connectivity index (χ3v) is 28.6. The van der Waals surface area contributed by atoms with Crippen molar-refractivity contribution in [2.45, 2.75) is 329 Å². The zero-order valence-electron chi connectivity index (χ0n) is 82.3. The van der Waals surface area contributed by atoms with Crippen LogP contribution in [0.2, 0.25) is 0 Å². The third-order valence-electron chi connectivity index (χ3n) is 28.6. The Morgan fingerprint density at radius 3 is 1.04 bits per heavy atom. The van der Waals surface area contributed by atoms with Crippen LogP contribution in [0.1, 0.15) is 318 Å². The van der Waals surface area contributed by atoms with E-state index in [-0.39, 0.29) is 81.9 Å². The number of hydrogen-bond acceptors (Lipinski definition) is 25. The first kappa shape index (κ1) is 99.6. The zero-order valence-corrected chi connectivity index (χ0v) is 82.3. The van der Waals surface area contributed by atoms with Crippen molar-refractivity contribution in [2.75, 3.05) is 33.5 Å². The second-order valence-electron chi connectivity index (χ2n) is 39.2. The summed E-state index contributed by atoms with van der Waals surface area (Å²) in [4.78, 5) is 124. The first-order valence-corrected chi connectivity index (χ1v) is 50.7. The maximum atomic E-state index is 12.5. The Hall–Kier alpha value is -12.4. The molecule has 139 heavy (non-hydrogen) atoms. The van der Waals surface area contributed by atoms with Gasteiger partial charge in [0.25, 0.3) is 33.4 Å². The van der Waals surface area contributed by atoms with E-state index in [1.807, 2.05) is 65.3 Å². The fraction of sp³-hybridized carbons (Fsp3) is 0.588. The number of nitrogens with zero attached hydrogens (tertiary/aromatic N) is 20. The molecule has 8 atom stereocenters. The summed E-state index contributed by atoms with van der Waals surface area (Å²) in [6.07, 6.45) is 43.8. The summed E-state index contributed by atoms with van der Waals surface area (Å²) in [6, 6.07) is 14.9. The summed E-state index contributed by atoms with van der Waals surface area (Å²) in [6.45, 7) is 24.1. The molecule has 37 heteroatoms. The number of hydrogen-bond donors (Lipinski definition) is 6. The highest BCUT2D eigenvalue weighted by Gasteiger charge is 2.32. The lowest BCUT2D eigenvalue weighted by Gasteiger charge is -2.27. The van der Waals surface area contributed by atoms with Gasteiger partial charge >= 0.3 is 0 Å². The van der Waals surface area contributed by atoms with Gasteiger partial charge in [0, 0.05) is 64.7 Å². The Labute approximate surface area is 806 Å². The number of nitriles is 1. The van der Waals surface area contributed by atoms with Gasteiger partial charge in [0.05, 0.1) is 129 Å². The predicted octanol–water partition coefficient (Wildman–Crippen LogP) is 15.6. The Balaban J connectivity index is 0.000000121. The molecular weight excluding hydrogens is 1770 g/mol. The molecule has 0 spiro atoms. The van der Waals surface area contributed by atoms with E-state index in [1.165, 1.54) is 57.8 Å². The third kappa shape index (κ3) is 24.2. The van der Waals surface area contributed by atoms with E-state index >= 15 is 0 Å². The summed E-state index contributed by atoms with van der Waals surface area (Å²) in [7, 11) is 1.61. The number of H-pyrrole nitrogens is 6. The van der Waals surface area contributed by atoms with Gasteiger partial charge in [-0.25, -0.2) is 58.0 Å². The van der Waals surface area contributed by atoms with Gasteiger partial charge in [0.1, 0.15) is 73.0 Å². The van der Waals surface area contributed by atoms with E-state index < -0.39 is 0 Å². The van der Waals surface area contributed by atoms with Crippen LogP contribution < -0.4 is 38.1 Å². The average Bonchev–Trinajstić information content (AvgIpc) is 1.67. The first-order chi connectivity index (χ1) is 67.5. The Kier molecular flexibility index (Phi) is 33.4. The molecule has 0 amide bonds. The maximum Gasteiger partial charge on any atom is 0.262 e. The molecule has 14 aromatic rings. The van der Waals surface area contributed by atoms with Crippen molar-refractivity contribution in [3.63, 3.8) is 0 Å². The lowest BCUT2D eigenvalue weighted by molar-refractivity contribution is 0.00411. The molecule has 4 saturated heterocycles. The molecular formula is C102H136N26O11. The van der Waals surface area contributed by atoms with Crippen molar-refractivity contribution in [2.24, 2.45) is 23.7 Å². The number of aromatic nitrogens is 25. The number of methoxy groups -OCH3 is 1. The van der Waals surface area contributed by atoms with E-state index in [0.29, 0.717) is 133 Å². The average molecular weight is 1900 g/mol. The molecule has 0 radical (unpaired) electrons. The van der Waals surface area contributed by atoms with Crippen molar-refractivity contribution in [3.05, 3.63) is 194 Å². The lowest BCUT2D eigenvalue weighted by Crippen LogP contribution is -2.26. The molecule has 37 nitrogen and oxygen atoms in total. The van der Waals surface area contributed by atoms with E-state index in [1.54, 1.807) is 56.6 Å². The quantitative estimate of drug-likeness (QED) is 0.0346. The van der Waals surface area contributed by atoms with Crippen molar-refractivity contribution in [1.29, 1.82) is 5.26 Å². The van der Waals surface area contributed by atoms with Gasteiger partial charge in [0.2, 0.25) is 0 Å². The molecule has 6 N–H and O–H groups in total. The number of ether oxygens (including phenoxy) is 5. The normalized spacial score (nSPS) is 20.5. The van der Waals surface area contributed by atoms with Crippen LogP contribution in [0.5, 0.6) is 5.75 Å². The van der Waals surface area contributed by atoms with Crippen LogP contribution >= 0.6 is 0 Å². The van der Waals surface area contributed by atoms with Gasteiger partial charge in [-0.3, -0.25) is 33.8 Å². The smallest absolute Gasteiger partial charge is 0.262 e. The Morgan fingerprint density at radius 2 is 0.712 bits per heavy atom. The molecule has 4 aliphatic heterocycles. The topological polar surface area (TPSA) is 464 Å². The molecule has 3 aliphatic carbocycles. The second-order valence-corrected chi connectivity index (χ2v) is 39.2. The van der Waals surface area contributed by atoms with Gasteiger partial charge in [0.15, 0.2) is 33.9 Å². The maximum absolute atomic E-state index is 12.5. The number of benzene rings is 1. The van der Waals surface area contributed by atoms with Gasteiger partial charge in [-0.15, -0.1) is 0 Å². The summed E-state index contributed by atoms with van der Waals surface area (Å²) >= 11 is 0. The summed E-state index contributed by atoms with van der Waals surface area (Å²) in [5, 5.41) is 39.3. The number of aromatic amines is 6. The minimum Gasteiger partial charge on any atom is -0.495 e. The molecule has 13 aromatic heterocycles. The zero-order chi connectivity index (χ0) is 97.3. The van der Waals surface area contributed by atoms with E-state index in [2.05, 4.69) is 144 Å². The van der Waals surface area contributed by atoms with Crippen LogP contribution in [0, 0.1) is 35.0 Å².